The van der Waals surface area contributed by atoms with E-state index < -0.39 is 12.0 Å². The van der Waals surface area contributed by atoms with E-state index in [0.717, 1.165) is 31.7 Å². The van der Waals surface area contributed by atoms with Crippen molar-refractivity contribution in [3.63, 3.8) is 0 Å². The van der Waals surface area contributed by atoms with Crippen LogP contribution in [0.15, 0.2) is 30.3 Å². The van der Waals surface area contributed by atoms with E-state index in [-0.39, 0.29) is 0 Å². The van der Waals surface area contributed by atoms with Gasteiger partial charge in [0, 0.05) is 26.2 Å². The quantitative estimate of drug-likeness (QED) is 0.817. The smallest absolute Gasteiger partial charge is 0.326 e. The van der Waals surface area contributed by atoms with Crippen LogP contribution in [0.3, 0.4) is 0 Å². The summed E-state index contributed by atoms with van der Waals surface area (Å²) in [4.78, 5) is 13.6. The van der Waals surface area contributed by atoms with E-state index in [4.69, 9.17) is 0 Å². The van der Waals surface area contributed by atoms with Gasteiger partial charge in [0.2, 0.25) is 0 Å². The van der Waals surface area contributed by atoms with Gasteiger partial charge in [-0.05, 0) is 12.6 Å². The number of aliphatic carboxylic acids is 1. The van der Waals surface area contributed by atoms with Gasteiger partial charge >= 0.3 is 5.97 Å². The molecular weight excluding hydrogens is 230 g/mol. The maximum Gasteiger partial charge on any atom is 0.326 e. The van der Waals surface area contributed by atoms with E-state index in [1.807, 2.05) is 35.3 Å². The van der Waals surface area contributed by atoms with Crippen LogP contribution in [0.2, 0.25) is 0 Å². The third-order valence-electron chi connectivity index (χ3n) is 3.19. The summed E-state index contributed by atoms with van der Waals surface area (Å²) in [6.07, 6.45) is 0. The number of rotatable bonds is 4. The molecule has 0 aromatic heterocycles. The lowest BCUT2D eigenvalue weighted by molar-refractivity contribution is -0.141. The molecule has 0 aliphatic carbocycles. The van der Waals surface area contributed by atoms with Crippen LogP contribution in [0, 0.1) is 0 Å². The normalized spacial score (nSPS) is 19.6. The Morgan fingerprint density at radius 2 is 1.83 bits per heavy atom. The Balaban J connectivity index is 2.01. The van der Waals surface area contributed by atoms with Crippen LogP contribution in [-0.4, -0.2) is 54.2 Å². The highest BCUT2D eigenvalue weighted by Crippen LogP contribution is 2.13. The Bertz CT molecular complexity index is 388. The molecule has 1 aromatic rings. The molecule has 2 N–H and O–H groups in total. The van der Waals surface area contributed by atoms with Gasteiger partial charge in [-0.3, -0.25) is 4.79 Å². The molecule has 0 spiro atoms. The van der Waals surface area contributed by atoms with Crippen molar-refractivity contribution in [3.8, 4) is 0 Å². The zero-order chi connectivity index (χ0) is 13.0. The van der Waals surface area contributed by atoms with Gasteiger partial charge in [-0.2, -0.15) is 0 Å². The zero-order valence-corrected chi connectivity index (χ0v) is 10.5. The van der Waals surface area contributed by atoms with E-state index in [1.54, 1.807) is 0 Å². The molecule has 0 amide bonds. The van der Waals surface area contributed by atoms with E-state index in [9.17, 15) is 9.90 Å². The van der Waals surface area contributed by atoms with E-state index in [0.29, 0.717) is 0 Å². The van der Waals surface area contributed by atoms with Crippen molar-refractivity contribution >= 4 is 5.97 Å². The third-order valence-corrected chi connectivity index (χ3v) is 3.19. The van der Waals surface area contributed by atoms with Crippen LogP contribution in [0.5, 0.6) is 0 Å². The Kier molecular flexibility index (Phi) is 4.30. The van der Waals surface area contributed by atoms with E-state index in [2.05, 4.69) is 17.4 Å². The van der Waals surface area contributed by atoms with Crippen molar-refractivity contribution in [3.05, 3.63) is 35.9 Å². The summed E-state index contributed by atoms with van der Waals surface area (Å²) >= 11 is 0. The molecule has 0 radical (unpaired) electrons. The molecule has 1 heterocycles. The fourth-order valence-corrected chi connectivity index (χ4v) is 2.04. The number of carboxylic acids is 1. The molecular formula is C13H19N3O2. The van der Waals surface area contributed by atoms with Gasteiger partial charge in [-0.1, -0.05) is 30.3 Å². The van der Waals surface area contributed by atoms with Crippen molar-refractivity contribution in [1.29, 1.82) is 0 Å². The van der Waals surface area contributed by atoms with Crippen molar-refractivity contribution in [1.82, 2.24) is 15.3 Å². The Morgan fingerprint density at radius 1 is 1.22 bits per heavy atom. The van der Waals surface area contributed by atoms with Crippen LogP contribution >= 0.6 is 0 Å². The largest absolute Gasteiger partial charge is 0.480 e. The minimum absolute atomic E-state index is 0.672. The number of hydrazine groups is 1. The molecule has 5 heteroatoms. The highest BCUT2D eigenvalue weighted by atomic mass is 16.4. The van der Waals surface area contributed by atoms with E-state index in [1.165, 1.54) is 0 Å². The van der Waals surface area contributed by atoms with Crippen LogP contribution in [0.25, 0.3) is 0 Å². The Labute approximate surface area is 107 Å². The summed E-state index contributed by atoms with van der Waals surface area (Å²) in [6.45, 7) is 3.59. The molecule has 18 heavy (non-hydrogen) atoms. The number of nitrogens with one attached hydrogen (secondary N) is 1. The molecule has 1 aromatic carbocycles. The topological polar surface area (TPSA) is 55.8 Å². The van der Waals surface area contributed by atoms with Gasteiger partial charge in [0.1, 0.15) is 6.04 Å². The van der Waals surface area contributed by atoms with Crippen LogP contribution in [0.4, 0.5) is 0 Å². The molecule has 0 saturated carbocycles. The number of benzene rings is 1. The average Bonchev–Trinajstić information content (AvgIpc) is 2.38. The summed E-state index contributed by atoms with van der Waals surface area (Å²) < 4.78 is 0. The summed E-state index contributed by atoms with van der Waals surface area (Å²) in [6, 6.07) is 8.60. The number of hydrogen-bond donors (Lipinski definition) is 2. The first kappa shape index (κ1) is 13.0. The maximum absolute atomic E-state index is 11.3. The molecule has 5 nitrogen and oxygen atoms in total. The molecule has 1 unspecified atom stereocenters. The monoisotopic (exact) mass is 249 g/mol. The molecule has 2 rings (SSSR count). The number of carbonyl (C=O) groups is 1. The molecule has 1 atom stereocenters. The van der Waals surface area contributed by atoms with Gasteiger partial charge in [0.15, 0.2) is 0 Å². The standard InChI is InChI=1S/C13H19N3O2/c1-15-7-9-16(10-8-15)14-12(13(17)18)11-5-3-2-4-6-11/h2-6,12,14H,7-10H2,1H3,(H,17,18). The summed E-state index contributed by atoms with van der Waals surface area (Å²) in [5.41, 5.74) is 3.88. The Hall–Kier alpha value is -1.43. The van der Waals surface area contributed by atoms with Crippen molar-refractivity contribution in [2.45, 2.75) is 6.04 Å². The molecule has 1 fully saturated rings. The van der Waals surface area contributed by atoms with Gasteiger partial charge in [0.25, 0.3) is 0 Å². The number of piperazine rings is 1. The molecule has 0 bridgehead atoms. The van der Waals surface area contributed by atoms with Gasteiger partial charge in [-0.15, -0.1) is 0 Å². The number of carboxylic acid groups (broad SMARTS) is 1. The second-order valence-corrected chi connectivity index (χ2v) is 4.60. The second kappa shape index (κ2) is 5.95. The Morgan fingerprint density at radius 3 is 2.39 bits per heavy atom. The highest BCUT2D eigenvalue weighted by Gasteiger charge is 2.23. The minimum atomic E-state index is -0.847. The van der Waals surface area contributed by atoms with Gasteiger partial charge < -0.3 is 10.0 Å². The first-order valence-electron chi connectivity index (χ1n) is 6.14. The first-order valence-corrected chi connectivity index (χ1v) is 6.14. The number of likely N-dealkylation sites (N-methyl/N-ethyl adjacent to an activating group) is 1. The van der Waals surface area contributed by atoms with Crippen molar-refractivity contribution in [2.75, 3.05) is 33.2 Å². The molecule has 98 valence electrons. The lowest BCUT2D eigenvalue weighted by Crippen LogP contribution is -2.52. The lowest BCUT2D eigenvalue weighted by Gasteiger charge is -2.34. The molecule has 1 aliphatic heterocycles. The summed E-state index contributed by atoms with van der Waals surface area (Å²) in [7, 11) is 2.07. The average molecular weight is 249 g/mol. The first-order chi connectivity index (χ1) is 8.66. The number of hydrogen-bond acceptors (Lipinski definition) is 4. The zero-order valence-electron chi connectivity index (χ0n) is 10.5. The predicted octanol–water partition coefficient (Wildman–Crippen LogP) is 0.564. The third kappa shape index (κ3) is 3.29. The summed E-state index contributed by atoms with van der Waals surface area (Å²) in [5, 5.41) is 11.3. The lowest BCUT2D eigenvalue weighted by atomic mass is 10.1. The van der Waals surface area contributed by atoms with Crippen LogP contribution in [0.1, 0.15) is 11.6 Å². The minimum Gasteiger partial charge on any atom is -0.480 e. The highest BCUT2D eigenvalue weighted by molar-refractivity contribution is 5.75. The number of nitrogens with zero attached hydrogens (tertiary/aromatic N) is 2. The van der Waals surface area contributed by atoms with Gasteiger partial charge in [0.05, 0.1) is 0 Å². The molecule has 1 aliphatic rings. The summed E-state index contributed by atoms with van der Waals surface area (Å²) in [5.74, 6) is -0.847. The fraction of sp³-hybridized carbons (Fsp3) is 0.462. The second-order valence-electron chi connectivity index (χ2n) is 4.60. The van der Waals surface area contributed by atoms with Crippen LogP contribution < -0.4 is 5.43 Å². The SMILES string of the molecule is CN1CCN(NC(C(=O)O)c2ccccc2)CC1. The maximum atomic E-state index is 11.3. The van der Waals surface area contributed by atoms with Gasteiger partial charge in [-0.25, -0.2) is 10.4 Å². The van der Waals surface area contributed by atoms with E-state index >= 15 is 0 Å². The van der Waals surface area contributed by atoms with Crippen molar-refractivity contribution in [2.24, 2.45) is 0 Å². The van der Waals surface area contributed by atoms with Crippen molar-refractivity contribution < 1.29 is 9.90 Å². The fourth-order valence-electron chi connectivity index (χ4n) is 2.04. The molecule has 1 saturated heterocycles. The van der Waals surface area contributed by atoms with Crippen LogP contribution in [-0.2, 0) is 4.79 Å². The predicted molar refractivity (Wildman–Crippen MR) is 69.0 cm³/mol.